The number of halogens is 5. The van der Waals surface area contributed by atoms with Crippen molar-refractivity contribution in [2.45, 2.75) is 25.3 Å². The predicted molar refractivity (Wildman–Crippen MR) is 146 cm³/mol. The first kappa shape index (κ1) is 33.4. The minimum Gasteiger partial charge on any atom is -0.475 e. The third-order valence-corrected chi connectivity index (χ3v) is 7.09. The molecule has 2 heterocycles. The van der Waals surface area contributed by atoms with E-state index in [1.165, 1.54) is 47.1 Å². The average molecular weight is 635 g/mol. The fourth-order valence-electron chi connectivity index (χ4n) is 3.99. The Morgan fingerprint density at radius 3 is 1.86 bits per heavy atom. The Morgan fingerprint density at radius 1 is 0.977 bits per heavy atom. The Hall–Kier alpha value is -4.12. The number of amides is 3. The standard InChI is InChI=1S/C24H26F2N4O5S.C2HF3O2/c1-14(31)28-10-17-11-29(23(32)34-17)15-2-4-19(21(25)8-15)20-5-3-16(9-22(20)26)30-12-18(35-24(30)33)13-36-7-6-27;3-2(4,5)1(6)7/h2-5,8-9,17-18H,6-7,10-13,27H2,1H3,(H,28,31);(H,6,7)/t17-,18+;/m0./s1. The lowest BCUT2D eigenvalue weighted by molar-refractivity contribution is -0.192. The molecule has 2 atom stereocenters. The molecule has 0 aromatic heterocycles. The monoisotopic (exact) mass is 634 g/mol. The second-order valence-corrected chi connectivity index (χ2v) is 10.3. The molecule has 2 saturated heterocycles. The Balaban J connectivity index is 0.000000646. The number of carboxylic acid groups (broad SMARTS) is 1. The summed E-state index contributed by atoms with van der Waals surface area (Å²) >= 11 is 1.57. The number of carbonyl (C=O) groups excluding carboxylic acids is 3. The van der Waals surface area contributed by atoms with Crippen LogP contribution < -0.4 is 20.9 Å². The lowest BCUT2D eigenvalue weighted by Gasteiger charge is -2.16. The Bertz CT molecular complexity index is 1360. The van der Waals surface area contributed by atoms with Gasteiger partial charge in [-0.15, -0.1) is 0 Å². The Labute approximate surface area is 246 Å². The van der Waals surface area contributed by atoms with Crippen LogP contribution in [-0.4, -0.2) is 85.2 Å². The molecule has 0 radical (unpaired) electrons. The molecular formula is C26H27F5N4O7S. The number of alkyl halides is 3. The molecule has 0 bridgehead atoms. The maximum absolute atomic E-state index is 15.0. The molecule has 2 aromatic carbocycles. The number of rotatable bonds is 9. The van der Waals surface area contributed by atoms with E-state index in [2.05, 4.69) is 5.32 Å². The zero-order valence-corrected chi connectivity index (χ0v) is 23.3. The third kappa shape index (κ3) is 8.93. The molecule has 0 unspecified atom stereocenters. The van der Waals surface area contributed by atoms with Gasteiger partial charge in [-0.1, -0.05) is 0 Å². The van der Waals surface area contributed by atoms with Gasteiger partial charge in [0, 0.05) is 36.1 Å². The fourth-order valence-corrected chi connectivity index (χ4v) is 4.76. The number of ether oxygens (including phenoxy) is 2. The lowest BCUT2D eigenvalue weighted by Crippen LogP contribution is -2.33. The van der Waals surface area contributed by atoms with Crippen molar-refractivity contribution >= 4 is 47.2 Å². The van der Waals surface area contributed by atoms with E-state index < -0.39 is 42.1 Å². The van der Waals surface area contributed by atoms with E-state index in [0.29, 0.717) is 18.0 Å². The molecule has 0 spiro atoms. The first-order valence-electron chi connectivity index (χ1n) is 12.6. The van der Waals surface area contributed by atoms with E-state index >= 15 is 8.78 Å². The highest BCUT2D eigenvalue weighted by atomic mass is 32.2. The highest BCUT2D eigenvalue weighted by Crippen LogP contribution is 2.33. The summed E-state index contributed by atoms with van der Waals surface area (Å²) in [5, 5.41) is 9.70. The van der Waals surface area contributed by atoms with Crippen molar-refractivity contribution in [1.29, 1.82) is 0 Å². The molecule has 2 aliphatic rings. The molecule has 2 aliphatic heterocycles. The van der Waals surface area contributed by atoms with Gasteiger partial charge in [-0.25, -0.2) is 23.2 Å². The SMILES string of the molecule is CC(=O)NC[C@H]1CN(c2ccc(-c3ccc(N4C[C@H](CSCCN)OC4=O)cc3F)c(F)c2)C(=O)O1.O=C(O)C(F)(F)F. The number of carboxylic acids is 1. The van der Waals surface area contributed by atoms with Crippen LogP contribution >= 0.6 is 11.8 Å². The maximum atomic E-state index is 15.0. The van der Waals surface area contributed by atoms with Gasteiger partial charge in [-0.05, 0) is 36.4 Å². The van der Waals surface area contributed by atoms with Gasteiger partial charge in [0.15, 0.2) is 0 Å². The summed E-state index contributed by atoms with van der Waals surface area (Å²) in [4.78, 5) is 47.0. The minimum atomic E-state index is -5.08. The van der Waals surface area contributed by atoms with E-state index in [0.717, 1.165) is 11.8 Å². The largest absolute Gasteiger partial charge is 0.490 e. The first-order chi connectivity index (χ1) is 20.2. The normalized spacial score (nSPS) is 18.1. The molecular weight excluding hydrogens is 607 g/mol. The van der Waals surface area contributed by atoms with E-state index in [1.54, 1.807) is 11.8 Å². The number of hydrogen-bond acceptors (Lipinski definition) is 8. The number of thioether (sulfide) groups is 1. The van der Waals surface area contributed by atoms with Crippen LogP contribution in [0.3, 0.4) is 0 Å². The zero-order valence-electron chi connectivity index (χ0n) is 22.5. The van der Waals surface area contributed by atoms with Gasteiger partial charge in [-0.3, -0.25) is 14.6 Å². The number of nitrogens with zero attached hydrogens (tertiary/aromatic N) is 2. The van der Waals surface area contributed by atoms with Crippen molar-refractivity contribution in [2.24, 2.45) is 5.73 Å². The molecule has 0 saturated carbocycles. The van der Waals surface area contributed by atoms with Gasteiger partial charge in [0.25, 0.3) is 0 Å². The second-order valence-electron chi connectivity index (χ2n) is 9.16. The number of nitrogens with two attached hydrogens (primary N) is 1. The van der Waals surface area contributed by atoms with Crippen LogP contribution in [0, 0.1) is 11.6 Å². The van der Waals surface area contributed by atoms with Gasteiger partial charge in [-0.2, -0.15) is 24.9 Å². The molecule has 3 amide bonds. The van der Waals surface area contributed by atoms with Crippen LogP contribution in [0.25, 0.3) is 11.1 Å². The molecule has 2 fully saturated rings. The molecule has 0 aliphatic carbocycles. The first-order valence-corrected chi connectivity index (χ1v) is 13.7. The molecule has 17 heteroatoms. The molecule has 4 N–H and O–H groups in total. The van der Waals surface area contributed by atoms with Crippen molar-refractivity contribution < 1.29 is 55.7 Å². The summed E-state index contributed by atoms with van der Waals surface area (Å²) in [7, 11) is 0. The maximum Gasteiger partial charge on any atom is 0.490 e. The van der Waals surface area contributed by atoms with Gasteiger partial charge in [0.05, 0.1) is 31.0 Å². The van der Waals surface area contributed by atoms with Crippen molar-refractivity contribution in [3.63, 3.8) is 0 Å². The van der Waals surface area contributed by atoms with Gasteiger partial charge >= 0.3 is 24.3 Å². The summed E-state index contributed by atoms with van der Waals surface area (Å²) in [5.74, 6) is -3.10. The van der Waals surface area contributed by atoms with Gasteiger partial charge < -0.3 is 25.6 Å². The summed E-state index contributed by atoms with van der Waals surface area (Å²) < 4.78 is 72.3. The van der Waals surface area contributed by atoms with Crippen LogP contribution in [0.15, 0.2) is 36.4 Å². The molecule has 4 rings (SSSR count). The topological polar surface area (TPSA) is 152 Å². The lowest BCUT2D eigenvalue weighted by atomic mass is 10.0. The number of anilines is 2. The number of carbonyl (C=O) groups is 4. The second kappa shape index (κ2) is 14.4. The van der Waals surface area contributed by atoms with Crippen LogP contribution in [0.4, 0.5) is 42.9 Å². The van der Waals surface area contributed by atoms with Crippen molar-refractivity contribution in [2.75, 3.05) is 47.5 Å². The number of aliphatic carboxylic acids is 1. The summed E-state index contributed by atoms with van der Waals surface area (Å²) in [6.07, 6.45) is -7.20. The van der Waals surface area contributed by atoms with E-state index in [-0.39, 0.29) is 48.5 Å². The van der Waals surface area contributed by atoms with Crippen molar-refractivity contribution in [3.8, 4) is 11.1 Å². The molecule has 234 valence electrons. The number of hydrogen-bond donors (Lipinski definition) is 3. The molecule has 11 nitrogen and oxygen atoms in total. The summed E-state index contributed by atoms with van der Waals surface area (Å²) in [6.45, 7) is 2.45. The predicted octanol–water partition coefficient (Wildman–Crippen LogP) is 3.74. The fraction of sp³-hybridized carbons (Fsp3) is 0.385. The minimum absolute atomic E-state index is 0.00483. The quantitative estimate of drug-likeness (QED) is 0.277. The van der Waals surface area contributed by atoms with Crippen LogP contribution in [0.2, 0.25) is 0 Å². The van der Waals surface area contributed by atoms with Crippen molar-refractivity contribution in [1.82, 2.24) is 5.32 Å². The molecule has 2 aromatic rings. The van der Waals surface area contributed by atoms with Gasteiger partial charge in [0.2, 0.25) is 5.91 Å². The van der Waals surface area contributed by atoms with E-state index in [4.69, 9.17) is 25.1 Å². The van der Waals surface area contributed by atoms with Crippen LogP contribution in [-0.2, 0) is 19.1 Å². The van der Waals surface area contributed by atoms with E-state index in [9.17, 15) is 27.6 Å². The average Bonchev–Trinajstić information content (AvgIpc) is 3.49. The summed E-state index contributed by atoms with van der Waals surface area (Å²) in [6, 6.07) is 8.12. The highest BCUT2D eigenvalue weighted by Gasteiger charge is 2.38. The van der Waals surface area contributed by atoms with Gasteiger partial charge in [0.1, 0.15) is 23.8 Å². The number of benzene rings is 2. The highest BCUT2D eigenvalue weighted by molar-refractivity contribution is 7.99. The number of nitrogens with one attached hydrogen (secondary N) is 1. The van der Waals surface area contributed by atoms with Crippen LogP contribution in [0.1, 0.15) is 6.92 Å². The third-order valence-electron chi connectivity index (χ3n) is 5.95. The Kier molecular flexibility index (Phi) is 11.2. The van der Waals surface area contributed by atoms with E-state index in [1.807, 2.05) is 0 Å². The number of cyclic esters (lactones) is 2. The molecule has 43 heavy (non-hydrogen) atoms. The van der Waals surface area contributed by atoms with Crippen LogP contribution in [0.5, 0.6) is 0 Å². The Morgan fingerprint density at radius 2 is 1.44 bits per heavy atom. The zero-order chi connectivity index (χ0) is 31.9. The smallest absolute Gasteiger partial charge is 0.475 e. The van der Waals surface area contributed by atoms with Crippen molar-refractivity contribution in [3.05, 3.63) is 48.0 Å². The summed E-state index contributed by atoms with van der Waals surface area (Å²) in [5.41, 5.74) is 6.06.